The maximum absolute atomic E-state index is 12.8. The molecule has 112 valence electrons. The molecule has 5 nitrogen and oxygen atoms in total. The first-order valence-electron chi connectivity index (χ1n) is 6.75. The van der Waals surface area contributed by atoms with Crippen LogP contribution in [0, 0.1) is 5.82 Å². The number of hydrogen-bond acceptors (Lipinski definition) is 4. The lowest BCUT2D eigenvalue weighted by atomic mass is 10.1. The van der Waals surface area contributed by atoms with Crippen LogP contribution in [0.2, 0.25) is 0 Å². The first-order valence-corrected chi connectivity index (χ1v) is 6.75. The molecule has 1 amide bonds. The van der Waals surface area contributed by atoms with Gasteiger partial charge in [-0.25, -0.2) is 9.38 Å². The molecule has 1 unspecified atom stereocenters. The number of nitrogens with one attached hydrogen (secondary N) is 1. The fourth-order valence-electron chi connectivity index (χ4n) is 2.16. The largest absolute Gasteiger partial charge is 0.463 e. The zero-order valence-corrected chi connectivity index (χ0v) is 11.6. The molecule has 2 aromatic rings. The Morgan fingerprint density at radius 3 is 2.45 bits per heavy atom. The van der Waals surface area contributed by atoms with Crippen molar-refractivity contribution in [1.29, 1.82) is 0 Å². The zero-order chi connectivity index (χ0) is 15.5. The molecule has 0 saturated heterocycles. The Balaban J connectivity index is 1.68. The Kier molecular flexibility index (Phi) is 3.74. The number of amides is 1. The highest BCUT2D eigenvalue weighted by Crippen LogP contribution is 2.23. The standard InChI is InChI=1S/C16H14FN3O2/c17-12-5-1-11(2-6-12)15(21)19-13-7-3-10(4-8-13)14-9-22-16(18)20-14/h1-8,14H,9H2,(H2,18,20)(H,19,21). The second-order valence-electron chi connectivity index (χ2n) is 4.88. The summed E-state index contributed by atoms with van der Waals surface area (Å²) in [5.74, 6) is -0.668. The topological polar surface area (TPSA) is 76.7 Å². The van der Waals surface area contributed by atoms with Crippen LogP contribution < -0.4 is 11.1 Å². The van der Waals surface area contributed by atoms with Crippen molar-refractivity contribution in [2.75, 3.05) is 11.9 Å². The van der Waals surface area contributed by atoms with Gasteiger partial charge in [-0.05, 0) is 42.0 Å². The highest BCUT2D eigenvalue weighted by Gasteiger charge is 2.18. The summed E-state index contributed by atoms with van der Waals surface area (Å²) in [5, 5.41) is 2.75. The summed E-state index contributed by atoms with van der Waals surface area (Å²) in [4.78, 5) is 16.2. The van der Waals surface area contributed by atoms with E-state index in [1.807, 2.05) is 12.1 Å². The maximum atomic E-state index is 12.8. The third-order valence-electron chi connectivity index (χ3n) is 3.33. The van der Waals surface area contributed by atoms with Gasteiger partial charge in [0.2, 0.25) is 0 Å². The Hall–Kier alpha value is -2.89. The van der Waals surface area contributed by atoms with E-state index in [0.29, 0.717) is 17.9 Å². The van der Waals surface area contributed by atoms with E-state index in [1.165, 1.54) is 24.3 Å². The van der Waals surface area contributed by atoms with E-state index in [9.17, 15) is 9.18 Å². The fourth-order valence-corrected chi connectivity index (χ4v) is 2.16. The van der Waals surface area contributed by atoms with E-state index in [-0.39, 0.29) is 23.8 Å². The van der Waals surface area contributed by atoms with Crippen molar-refractivity contribution >= 4 is 17.6 Å². The number of halogens is 1. The lowest BCUT2D eigenvalue weighted by molar-refractivity contribution is 0.102. The lowest BCUT2D eigenvalue weighted by Gasteiger charge is -2.08. The van der Waals surface area contributed by atoms with Crippen LogP contribution in [0.3, 0.4) is 0 Å². The van der Waals surface area contributed by atoms with Gasteiger partial charge in [0.25, 0.3) is 11.9 Å². The highest BCUT2D eigenvalue weighted by molar-refractivity contribution is 6.04. The molecule has 0 bridgehead atoms. The van der Waals surface area contributed by atoms with Crippen molar-refractivity contribution in [3.8, 4) is 0 Å². The Morgan fingerprint density at radius 2 is 1.86 bits per heavy atom. The quantitative estimate of drug-likeness (QED) is 0.914. The van der Waals surface area contributed by atoms with Crippen molar-refractivity contribution in [3.63, 3.8) is 0 Å². The van der Waals surface area contributed by atoms with E-state index in [0.717, 1.165) is 5.56 Å². The van der Waals surface area contributed by atoms with E-state index >= 15 is 0 Å². The minimum Gasteiger partial charge on any atom is -0.463 e. The maximum Gasteiger partial charge on any atom is 0.282 e. The second kappa shape index (κ2) is 5.85. The fraction of sp³-hybridized carbons (Fsp3) is 0.125. The molecule has 1 aliphatic rings. The van der Waals surface area contributed by atoms with Crippen molar-refractivity contribution < 1.29 is 13.9 Å². The molecule has 22 heavy (non-hydrogen) atoms. The molecular formula is C16H14FN3O2. The van der Waals surface area contributed by atoms with Crippen LogP contribution in [0.25, 0.3) is 0 Å². The molecule has 1 heterocycles. The minimum absolute atomic E-state index is 0.109. The number of nitrogens with zero attached hydrogens (tertiary/aromatic N) is 1. The van der Waals surface area contributed by atoms with Crippen LogP contribution in [0.1, 0.15) is 22.0 Å². The number of amidine groups is 1. The molecule has 3 rings (SSSR count). The third-order valence-corrected chi connectivity index (χ3v) is 3.33. The summed E-state index contributed by atoms with van der Waals surface area (Å²) >= 11 is 0. The molecule has 2 aromatic carbocycles. The van der Waals surface area contributed by atoms with Gasteiger partial charge < -0.3 is 15.8 Å². The number of anilines is 1. The first kappa shape index (κ1) is 14.1. The average Bonchev–Trinajstić information content (AvgIpc) is 2.95. The molecule has 0 radical (unpaired) electrons. The van der Waals surface area contributed by atoms with E-state index in [4.69, 9.17) is 10.5 Å². The zero-order valence-electron chi connectivity index (χ0n) is 11.6. The average molecular weight is 299 g/mol. The van der Waals surface area contributed by atoms with Crippen LogP contribution in [-0.2, 0) is 4.74 Å². The van der Waals surface area contributed by atoms with Gasteiger partial charge in [-0.3, -0.25) is 4.79 Å². The van der Waals surface area contributed by atoms with Crippen molar-refractivity contribution in [2.24, 2.45) is 10.7 Å². The minimum atomic E-state index is -0.375. The highest BCUT2D eigenvalue weighted by atomic mass is 19.1. The molecule has 1 aliphatic heterocycles. The van der Waals surface area contributed by atoms with Gasteiger partial charge in [-0.15, -0.1) is 0 Å². The Labute approximate surface area is 126 Å². The van der Waals surface area contributed by atoms with Gasteiger partial charge in [0.1, 0.15) is 18.5 Å². The number of ether oxygens (including phenoxy) is 1. The number of nitrogens with two attached hydrogens (primary N) is 1. The van der Waals surface area contributed by atoms with Crippen molar-refractivity contribution in [2.45, 2.75) is 6.04 Å². The van der Waals surface area contributed by atoms with E-state index < -0.39 is 0 Å². The molecule has 1 atom stereocenters. The normalized spacial score (nSPS) is 16.8. The number of carbonyl (C=O) groups is 1. The summed E-state index contributed by atoms with van der Waals surface area (Å²) in [6.45, 7) is 0.424. The predicted octanol–water partition coefficient (Wildman–Crippen LogP) is 2.46. The summed E-state index contributed by atoms with van der Waals surface area (Å²) in [7, 11) is 0. The first-order chi connectivity index (χ1) is 10.6. The molecule has 0 saturated carbocycles. The monoisotopic (exact) mass is 299 g/mol. The molecular weight excluding hydrogens is 285 g/mol. The van der Waals surface area contributed by atoms with Crippen LogP contribution in [0.4, 0.5) is 10.1 Å². The summed E-state index contributed by atoms with van der Waals surface area (Å²) in [5.41, 5.74) is 7.48. The number of carbonyl (C=O) groups excluding carboxylic acids is 1. The molecule has 0 spiro atoms. The van der Waals surface area contributed by atoms with Gasteiger partial charge in [0.05, 0.1) is 0 Å². The molecule has 3 N–H and O–H groups in total. The Morgan fingerprint density at radius 1 is 1.18 bits per heavy atom. The number of rotatable bonds is 3. The summed E-state index contributed by atoms with van der Waals surface area (Å²) < 4.78 is 17.9. The van der Waals surface area contributed by atoms with Crippen molar-refractivity contribution in [3.05, 3.63) is 65.5 Å². The summed E-state index contributed by atoms with van der Waals surface area (Å²) in [6, 6.07) is 12.7. The van der Waals surface area contributed by atoms with Crippen LogP contribution in [0.5, 0.6) is 0 Å². The molecule has 6 heteroatoms. The van der Waals surface area contributed by atoms with E-state index in [1.54, 1.807) is 12.1 Å². The van der Waals surface area contributed by atoms with Gasteiger partial charge >= 0.3 is 0 Å². The van der Waals surface area contributed by atoms with Gasteiger partial charge in [-0.2, -0.15) is 0 Å². The van der Waals surface area contributed by atoms with Crippen LogP contribution in [-0.4, -0.2) is 18.5 Å². The summed E-state index contributed by atoms with van der Waals surface area (Å²) in [6.07, 6.45) is 0. The predicted molar refractivity (Wildman–Crippen MR) is 81.1 cm³/mol. The van der Waals surface area contributed by atoms with Crippen LogP contribution in [0.15, 0.2) is 53.5 Å². The number of aliphatic imine (C=N–C) groups is 1. The smallest absolute Gasteiger partial charge is 0.282 e. The Bertz CT molecular complexity index is 711. The molecule has 0 aliphatic carbocycles. The van der Waals surface area contributed by atoms with Crippen molar-refractivity contribution in [1.82, 2.24) is 0 Å². The van der Waals surface area contributed by atoms with Gasteiger partial charge in [-0.1, -0.05) is 12.1 Å². The molecule has 0 fully saturated rings. The number of benzene rings is 2. The second-order valence-corrected chi connectivity index (χ2v) is 4.88. The van der Waals surface area contributed by atoms with Gasteiger partial charge in [0, 0.05) is 11.3 Å². The molecule has 0 aromatic heterocycles. The number of hydrogen-bond donors (Lipinski definition) is 2. The lowest BCUT2D eigenvalue weighted by Crippen LogP contribution is -2.11. The van der Waals surface area contributed by atoms with Gasteiger partial charge in [0.15, 0.2) is 0 Å². The third kappa shape index (κ3) is 3.06. The SMILES string of the molecule is NC1=NC(c2ccc(NC(=O)c3ccc(F)cc3)cc2)CO1. The van der Waals surface area contributed by atoms with Crippen LogP contribution >= 0.6 is 0 Å². The van der Waals surface area contributed by atoms with E-state index in [2.05, 4.69) is 10.3 Å².